The van der Waals surface area contributed by atoms with E-state index >= 15 is 0 Å². The third-order valence-corrected chi connectivity index (χ3v) is 20.9. The van der Waals surface area contributed by atoms with Crippen LogP contribution in [0.4, 0.5) is 0 Å². The zero-order chi connectivity index (χ0) is 82.9. The van der Waals surface area contributed by atoms with Crippen LogP contribution in [0.3, 0.4) is 0 Å². The highest BCUT2D eigenvalue weighted by molar-refractivity contribution is 7.48. The molecule has 4 aromatic rings. The summed E-state index contributed by atoms with van der Waals surface area (Å²) in [4.78, 5) is 97.7. The number of ether oxygens (including phenoxy) is 6. The lowest BCUT2D eigenvalue weighted by molar-refractivity contribution is -0.148. The average Bonchev–Trinajstić information content (AvgIpc) is 1.17. The largest absolute Gasteiger partial charge is 0.476 e. The van der Waals surface area contributed by atoms with Crippen LogP contribution in [-0.4, -0.2) is 121 Å². The number of carbonyl (C=O) groups excluding carboxylic acids is 7. The van der Waals surface area contributed by atoms with Crippen LogP contribution < -0.4 is 0 Å². The SMILES string of the molecule is [C-]#[N+]CCOP(=O)(OC[C@H](O)[C@H]1OC(=O)C(OC(=O)c2ccccc2)=C1OC(=O)c1ccccc1)OC1CC(C)(C)C(/C=C/C(C)=C/C=C/C(C)=C/C=C/C=C(C)/C=C/C=C(C)/C=C/C2=C(C)C(=O)C(OP(=O)(OCCC#N)OC[C@H](O)[C@H]3OC(=C)C(OC(=O)c4ccccc4)=C3OC(=O)c3ccccc3)CC2(C)C)=C(C)C1=O. The van der Waals surface area contributed by atoms with Crippen molar-refractivity contribution in [2.24, 2.45) is 10.8 Å². The Morgan fingerprint density at radius 3 is 1.29 bits per heavy atom. The van der Waals surface area contributed by atoms with Gasteiger partial charge in [-0.05, 0) is 136 Å². The maximum absolute atomic E-state index is 14.5. The highest BCUT2D eigenvalue weighted by Crippen LogP contribution is 2.56. The topological polar surface area (TPSA) is 333 Å². The number of allylic oxidation sites excluding steroid dienone is 20. The minimum Gasteiger partial charge on any atom is -0.476 e. The molecular weight excluding hydrogens is 1500 g/mol. The van der Waals surface area contributed by atoms with Gasteiger partial charge in [0.25, 0.3) is 5.76 Å². The molecule has 25 nitrogen and oxygen atoms in total. The third kappa shape index (κ3) is 24.7. The molecule has 0 spiro atoms. The number of nitriles is 1. The molecule has 27 heteroatoms. The summed E-state index contributed by atoms with van der Waals surface area (Å²) in [5, 5.41) is 32.4. The molecule has 8 rings (SSSR count). The number of Topliss-reactive ketones (excluding diaryl/α,β-unsaturated/α-hetero) is 2. The number of esters is 5. The molecule has 4 aliphatic rings. The lowest BCUT2D eigenvalue weighted by atomic mass is 9.71. The third-order valence-electron chi connectivity index (χ3n) is 17.9. The zero-order valence-corrected chi connectivity index (χ0v) is 66.5. The summed E-state index contributed by atoms with van der Waals surface area (Å²) in [7, 11) is -9.62. The first kappa shape index (κ1) is 88.4. The van der Waals surface area contributed by atoms with Crippen molar-refractivity contribution in [1.82, 2.24) is 0 Å². The summed E-state index contributed by atoms with van der Waals surface area (Å²) >= 11 is 0. The van der Waals surface area contributed by atoms with E-state index in [1.165, 1.54) is 48.5 Å². The van der Waals surface area contributed by atoms with Gasteiger partial charge in [0.1, 0.15) is 31.0 Å². The van der Waals surface area contributed by atoms with E-state index in [1.807, 2.05) is 147 Å². The van der Waals surface area contributed by atoms with Gasteiger partial charge in [-0.15, -0.1) is 0 Å². The van der Waals surface area contributed by atoms with Gasteiger partial charge in [0.05, 0.1) is 54.6 Å². The number of phosphoric acid groups is 2. The fourth-order valence-corrected chi connectivity index (χ4v) is 14.6. The van der Waals surface area contributed by atoms with Crippen molar-refractivity contribution in [2.45, 2.75) is 125 Å². The van der Waals surface area contributed by atoms with Crippen molar-refractivity contribution in [3.05, 3.63) is 320 Å². The average molecular weight is 1590 g/mol. The Labute approximate surface area is 662 Å². The van der Waals surface area contributed by atoms with Crippen LogP contribution in [0, 0.1) is 28.7 Å². The fourth-order valence-electron chi connectivity index (χ4n) is 12.0. The standard InChI is InChI=1S/C87H90N2O23P2/c1-56(32-27-34-58(3)44-46-67-60(5)73(92)71(52-86(67,8)9)111-113(99,101-50-29-48-88)103-54-69(90)76-78(108-82(95)64-38-19-14-20-39-64)75(62(7)105-76)106-81(94)63-36-17-13-18-37-63)30-25-26-31-57(2)33-28-35-59(4)45-47-68-61(6)74(93)72(53-87(68,10)11)112-114(100,102-51-49-89-12)104-55-70(91)77-79(109-83(96)65-40-21-15-22-41-65)80(85(98)107-77)110-84(97)66-42-23-16-24-43-66/h13-28,30-47,69-72,76-77,90-91H,7,29,49-55H2,1-6,8-11H3/b26-25+,32-27+,33-28+,46-44+,47-45+,56-30+,57-31+,58-34+,59-35+/t69-,70-,71?,72?,76+,77+,113?,114?/m0/s1. The number of carbonyl (C=O) groups is 7. The van der Waals surface area contributed by atoms with Gasteiger partial charge in [0.2, 0.25) is 18.1 Å². The van der Waals surface area contributed by atoms with Crippen LogP contribution in [0.1, 0.15) is 130 Å². The van der Waals surface area contributed by atoms with Gasteiger partial charge in [0.15, 0.2) is 35.3 Å². The molecule has 0 saturated carbocycles. The van der Waals surface area contributed by atoms with Gasteiger partial charge < -0.3 is 43.5 Å². The highest BCUT2D eigenvalue weighted by Gasteiger charge is 2.49. The monoisotopic (exact) mass is 1590 g/mol. The van der Waals surface area contributed by atoms with E-state index in [1.54, 1.807) is 86.6 Å². The molecule has 2 N–H and O–H groups in total. The second kappa shape index (κ2) is 41.1. The number of aliphatic hydroxyl groups excluding tert-OH is 2. The molecule has 0 radical (unpaired) electrons. The molecule has 0 aromatic heterocycles. The van der Waals surface area contributed by atoms with Gasteiger partial charge in [-0.2, -0.15) is 5.26 Å². The van der Waals surface area contributed by atoms with E-state index in [4.69, 9.17) is 62.1 Å². The number of phosphoric ester groups is 2. The second-order valence-electron chi connectivity index (χ2n) is 27.9. The first-order valence-electron chi connectivity index (χ1n) is 36.2. The predicted molar refractivity (Wildman–Crippen MR) is 421 cm³/mol. The van der Waals surface area contributed by atoms with E-state index < -0.39 is 148 Å². The quantitative estimate of drug-likeness (QED) is 0.0107. The van der Waals surface area contributed by atoms with Crippen LogP contribution in [0.2, 0.25) is 0 Å². The molecule has 2 aliphatic carbocycles. The van der Waals surface area contributed by atoms with Gasteiger partial charge in [0, 0.05) is 0 Å². The van der Waals surface area contributed by atoms with Gasteiger partial charge >= 0.3 is 45.5 Å². The van der Waals surface area contributed by atoms with Crippen molar-refractivity contribution >= 4 is 57.1 Å². The predicted octanol–water partition coefficient (Wildman–Crippen LogP) is 16.5. The molecule has 0 saturated heterocycles. The first-order valence-corrected chi connectivity index (χ1v) is 39.1. The second-order valence-corrected chi connectivity index (χ2v) is 31.1. The summed E-state index contributed by atoms with van der Waals surface area (Å²) in [5.74, 6) is -8.63. The highest BCUT2D eigenvalue weighted by atomic mass is 31.2. The molecule has 4 aromatic carbocycles. The van der Waals surface area contributed by atoms with E-state index in [9.17, 15) is 58.2 Å². The lowest BCUT2D eigenvalue weighted by Crippen LogP contribution is -2.38. The van der Waals surface area contributed by atoms with Crippen LogP contribution in [0.5, 0.6) is 0 Å². The zero-order valence-electron chi connectivity index (χ0n) is 64.7. The molecule has 114 heavy (non-hydrogen) atoms. The van der Waals surface area contributed by atoms with Crippen LogP contribution in [0.25, 0.3) is 4.85 Å². The Balaban J connectivity index is 0.842. The molecule has 4 unspecified atom stereocenters. The van der Waals surface area contributed by atoms with Crippen molar-refractivity contribution in [3.63, 3.8) is 0 Å². The maximum Gasteiger partial charge on any atom is 0.475 e. The number of cyclic esters (lactones) is 1. The van der Waals surface area contributed by atoms with Crippen molar-refractivity contribution in [2.75, 3.05) is 33.0 Å². The Hall–Kier alpha value is -11.2. The van der Waals surface area contributed by atoms with Crippen LogP contribution in [-0.2, 0) is 79.1 Å². The van der Waals surface area contributed by atoms with E-state index in [-0.39, 0.29) is 59.6 Å². The molecule has 0 fully saturated rings. The Kier molecular flexibility index (Phi) is 31.8. The summed E-state index contributed by atoms with van der Waals surface area (Å²) < 4.78 is 96.4. The van der Waals surface area contributed by atoms with Crippen LogP contribution in [0.15, 0.2) is 286 Å². The molecule has 0 amide bonds. The molecule has 8 atom stereocenters. The van der Waals surface area contributed by atoms with E-state index in [0.29, 0.717) is 22.3 Å². The molecule has 2 aliphatic heterocycles. The molecule has 2 heterocycles. The van der Waals surface area contributed by atoms with Gasteiger partial charge in [-0.1, -0.05) is 214 Å². The summed E-state index contributed by atoms with van der Waals surface area (Å²) in [6, 6.07) is 32.9. The van der Waals surface area contributed by atoms with Gasteiger partial charge in [-0.3, -0.25) is 36.7 Å². The van der Waals surface area contributed by atoms with Crippen molar-refractivity contribution < 1.29 is 108 Å². The summed E-state index contributed by atoms with van der Waals surface area (Å²) in [6.45, 7) is 26.6. The van der Waals surface area contributed by atoms with E-state index in [2.05, 4.69) is 11.4 Å². The smallest absolute Gasteiger partial charge is 0.475 e. The number of benzene rings is 4. The normalized spacial score (nSPS) is 20.6. The van der Waals surface area contributed by atoms with Crippen LogP contribution >= 0.6 is 15.6 Å². The number of hydrogen-bond donors (Lipinski definition) is 2. The number of rotatable bonds is 36. The first-order chi connectivity index (χ1) is 54.3. The number of aliphatic hydroxyl groups is 2. The summed E-state index contributed by atoms with van der Waals surface area (Å²) in [5.41, 5.74) is 4.52. The number of hydrogen-bond acceptors (Lipinski definition) is 24. The summed E-state index contributed by atoms with van der Waals surface area (Å²) in [6.07, 6.45) is 16.5. The minimum absolute atomic E-state index is 0.00299. The maximum atomic E-state index is 14.5. The number of nitrogens with zero attached hydrogens (tertiary/aromatic N) is 2. The van der Waals surface area contributed by atoms with Gasteiger partial charge in [-0.25, -0.2) is 39.7 Å². The Morgan fingerprint density at radius 1 is 0.544 bits per heavy atom. The molecule has 596 valence electrons. The van der Waals surface area contributed by atoms with Crippen molar-refractivity contribution in [3.8, 4) is 6.07 Å². The Bertz CT molecular complexity index is 4600. The molecule has 0 bridgehead atoms. The van der Waals surface area contributed by atoms with Crippen molar-refractivity contribution in [1.29, 1.82) is 5.26 Å². The fraction of sp³-hybridized carbons (Fsp3) is 0.299. The minimum atomic E-state index is -4.84. The molecular formula is C87H90N2O23P2. The lowest BCUT2D eigenvalue weighted by Gasteiger charge is -2.37. The Morgan fingerprint density at radius 2 is 0.895 bits per heavy atom. The van der Waals surface area contributed by atoms with E-state index in [0.717, 1.165) is 22.3 Å². The number of ketones is 2.